The Balaban J connectivity index is 1.61. The molecule has 0 aromatic carbocycles. The van der Waals surface area contributed by atoms with Gasteiger partial charge in [-0.1, -0.05) is 6.92 Å². The predicted molar refractivity (Wildman–Crippen MR) is 75.1 cm³/mol. The second kappa shape index (κ2) is 5.68. The van der Waals surface area contributed by atoms with Gasteiger partial charge in [-0.25, -0.2) is 0 Å². The maximum absolute atomic E-state index is 5.84. The van der Waals surface area contributed by atoms with E-state index < -0.39 is 0 Å². The van der Waals surface area contributed by atoms with Crippen LogP contribution >= 0.6 is 0 Å². The number of nitrogens with zero attached hydrogens (tertiary/aromatic N) is 1. The van der Waals surface area contributed by atoms with Gasteiger partial charge in [-0.3, -0.25) is 4.90 Å². The van der Waals surface area contributed by atoms with E-state index in [1.807, 2.05) is 0 Å². The largest absolute Gasteiger partial charge is 0.465 e. The third kappa shape index (κ3) is 3.03. The average Bonchev–Trinajstić information content (AvgIpc) is 2.87. The number of likely N-dealkylation sites (tertiary alicyclic amines) is 1. The Hall–Kier alpha value is -0.800. The Kier molecular flexibility index (Phi) is 3.94. The Morgan fingerprint density at radius 3 is 2.68 bits per heavy atom. The number of hydrogen-bond donors (Lipinski definition) is 0. The van der Waals surface area contributed by atoms with Crippen molar-refractivity contribution in [1.29, 1.82) is 0 Å². The van der Waals surface area contributed by atoms with Gasteiger partial charge in [0.25, 0.3) is 0 Å². The van der Waals surface area contributed by atoms with Crippen molar-refractivity contribution < 1.29 is 9.15 Å². The van der Waals surface area contributed by atoms with Crippen LogP contribution in [0.15, 0.2) is 16.5 Å². The van der Waals surface area contributed by atoms with Crippen molar-refractivity contribution in [3.8, 4) is 0 Å². The summed E-state index contributed by atoms with van der Waals surface area (Å²) in [7, 11) is 0. The first kappa shape index (κ1) is 13.2. The molecule has 2 aliphatic rings. The highest BCUT2D eigenvalue weighted by atomic mass is 16.5. The molecule has 3 nitrogen and oxygen atoms in total. The van der Waals surface area contributed by atoms with E-state index >= 15 is 0 Å². The highest BCUT2D eigenvalue weighted by molar-refractivity contribution is 5.07. The molecule has 0 N–H and O–H groups in total. The molecule has 1 aromatic heterocycles. The van der Waals surface area contributed by atoms with E-state index in [0.717, 1.165) is 37.7 Å². The van der Waals surface area contributed by atoms with Crippen LogP contribution in [0.2, 0.25) is 0 Å². The maximum Gasteiger partial charge on any atom is 0.118 e. The third-order valence-corrected chi connectivity index (χ3v) is 4.74. The molecule has 0 atom stereocenters. The topological polar surface area (TPSA) is 25.6 Å². The van der Waals surface area contributed by atoms with E-state index in [2.05, 4.69) is 24.0 Å². The number of piperidine rings is 1. The summed E-state index contributed by atoms with van der Waals surface area (Å²) in [5.41, 5.74) is 0.524. The van der Waals surface area contributed by atoms with E-state index in [9.17, 15) is 0 Å². The Bertz CT molecular complexity index is 401. The molecule has 2 saturated heterocycles. The van der Waals surface area contributed by atoms with E-state index in [1.54, 1.807) is 0 Å². The van der Waals surface area contributed by atoms with Crippen LogP contribution in [0.3, 0.4) is 0 Å². The van der Waals surface area contributed by atoms with Gasteiger partial charge in [0.2, 0.25) is 0 Å². The molecule has 0 saturated carbocycles. The van der Waals surface area contributed by atoms with Gasteiger partial charge in [-0.05, 0) is 49.8 Å². The lowest BCUT2D eigenvalue weighted by atomic mass is 9.74. The molecule has 3 rings (SSSR count). The summed E-state index contributed by atoms with van der Waals surface area (Å²) >= 11 is 0. The van der Waals surface area contributed by atoms with Gasteiger partial charge in [-0.2, -0.15) is 0 Å². The second-order valence-electron chi connectivity index (χ2n) is 6.15. The summed E-state index contributed by atoms with van der Waals surface area (Å²) < 4.78 is 11.4. The van der Waals surface area contributed by atoms with Crippen molar-refractivity contribution in [2.45, 2.75) is 45.6 Å². The number of furan rings is 1. The molecule has 0 aliphatic carbocycles. The lowest BCUT2D eigenvalue weighted by Gasteiger charge is -2.45. The van der Waals surface area contributed by atoms with Gasteiger partial charge in [0.05, 0.1) is 6.54 Å². The number of hydrogen-bond acceptors (Lipinski definition) is 3. The predicted octanol–water partition coefficient (Wildman–Crippen LogP) is 3.23. The molecule has 1 spiro atoms. The molecule has 0 bridgehead atoms. The molecule has 0 amide bonds. The highest BCUT2D eigenvalue weighted by Crippen LogP contribution is 2.39. The zero-order chi connectivity index (χ0) is 13.1. The minimum absolute atomic E-state index is 0.524. The molecule has 1 aromatic rings. The standard InChI is InChI=1S/C16H25NO2/c1-2-14-4-5-15(19-14)12-17-9-3-6-16(13-17)7-10-18-11-8-16/h4-5H,2-3,6-13H2,1H3. The van der Waals surface area contributed by atoms with Gasteiger partial charge in [0, 0.05) is 26.2 Å². The molecular weight excluding hydrogens is 238 g/mol. The third-order valence-electron chi connectivity index (χ3n) is 4.74. The fraction of sp³-hybridized carbons (Fsp3) is 0.750. The minimum atomic E-state index is 0.524. The van der Waals surface area contributed by atoms with E-state index in [-0.39, 0.29) is 0 Å². The van der Waals surface area contributed by atoms with Crippen LogP contribution < -0.4 is 0 Å². The van der Waals surface area contributed by atoms with Gasteiger partial charge in [0.1, 0.15) is 11.5 Å². The van der Waals surface area contributed by atoms with E-state index in [1.165, 1.54) is 38.8 Å². The van der Waals surface area contributed by atoms with Crippen LogP contribution in [0.5, 0.6) is 0 Å². The lowest BCUT2D eigenvalue weighted by molar-refractivity contribution is -0.0303. The quantitative estimate of drug-likeness (QED) is 0.837. The van der Waals surface area contributed by atoms with Crippen LogP contribution in [0.25, 0.3) is 0 Å². The fourth-order valence-electron chi connectivity index (χ4n) is 3.58. The molecule has 3 heterocycles. The van der Waals surface area contributed by atoms with Gasteiger partial charge < -0.3 is 9.15 Å². The van der Waals surface area contributed by atoms with E-state index in [4.69, 9.17) is 9.15 Å². The summed E-state index contributed by atoms with van der Waals surface area (Å²) in [5, 5.41) is 0. The Labute approximate surface area is 115 Å². The molecular formula is C16H25NO2. The van der Waals surface area contributed by atoms with Crippen LogP contribution in [-0.4, -0.2) is 31.2 Å². The maximum atomic E-state index is 5.84. The number of aryl methyl sites for hydroxylation is 1. The number of ether oxygens (including phenoxy) is 1. The van der Waals surface area contributed by atoms with Crippen molar-refractivity contribution in [3.05, 3.63) is 23.7 Å². The first-order valence-electron chi connectivity index (χ1n) is 7.67. The summed E-state index contributed by atoms with van der Waals surface area (Å²) in [6.07, 6.45) is 6.16. The van der Waals surface area contributed by atoms with Crippen molar-refractivity contribution >= 4 is 0 Å². The average molecular weight is 263 g/mol. The Morgan fingerprint density at radius 1 is 1.16 bits per heavy atom. The first-order valence-corrected chi connectivity index (χ1v) is 7.67. The van der Waals surface area contributed by atoms with Crippen LogP contribution in [0.4, 0.5) is 0 Å². The SMILES string of the molecule is CCc1ccc(CN2CCCC3(CCOCC3)C2)o1. The lowest BCUT2D eigenvalue weighted by Crippen LogP contribution is -2.45. The van der Waals surface area contributed by atoms with E-state index in [0.29, 0.717) is 5.41 Å². The van der Waals surface area contributed by atoms with Crippen molar-refractivity contribution in [3.63, 3.8) is 0 Å². The normalized spacial score (nSPS) is 23.8. The second-order valence-corrected chi connectivity index (χ2v) is 6.15. The first-order chi connectivity index (χ1) is 9.30. The summed E-state index contributed by atoms with van der Waals surface area (Å²) in [6.45, 7) is 7.45. The van der Waals surface area contributed by atoms with Crippen LogP contribution in [0, 0.1) is 5.41 Å². The molecule has 2 aliphatic heterocycles. The summed E-state index contributed by atoms with van der Waals surface area (Å²) in [5.74, 6) is 2.23. The molecule has 3 heteroatoms. The monoisotopic (exact) mass is 263 g/mol. The van der Waals surface area contributed by atoms with Crippen LogP contribution in [0.1, 0.15) is 44.1 Å². The molecule has 0 unspecified atom stereocenters. The molecule has 0 radical (unpaired) electrons. The summed E-state index contributed by atoms with van der Waals surface area (Å²) in [4.78, 5) is 2.58. The molecule has 106 valence electrons. The smallest absolute Gasteiger partial charge is 0.118 e. The molecule has 19 heavy (non-hydrogen) atoms. The zero-order valence-corrected chi connectivity index (χ0v) is 12.0. The van der Waals surface area contributed by atoms with Gasteiger partial charge >= 0.3 is 0 Å². The van der Waals surface area contributed by atoms with Crippen molar-refractivity contribution in [2.75, 3.05) is 26.3 Å². The number of rotatable bonds is 3. The van der Waals surface area contributed by atoms with Crippen LogP contribution in [-0.2, 0) is 17.7 Å². The van der Waals surface area contributed by atoms with Gasteiger partial charge in [-0.15, -0.1) is 0 Å². The molecule has 2 fully saturated rings. The van der Waals surface area contributed by atoms with Gasteiger partial charge in [0.15, 0.2) is 0 Å². The zero-order valence-electron chi connectivity index (χ0n) is 12.0. The van der Waals surface area contributed by atoms with Crippen molar-refractivity contribution in [1.82, 2.24) is 4.90 Å². The fourth-order valence-corrected chi connectivity index (χ4v) is 3.58. The van der Waals surface area contributed by atoms with Crippen molar-refractivity contribution in [2.24, 2.45) is 5.41 Å². The Morgan fingerprint density at radius 2 is 1.95 bits per heavy atom. The highest BCUT2D eigenvalue weighted by Gasteiger charge is 2.36. The minimum Gasteiger partial charge on any atom is -0.465 e. The summed E-state index contributed by atoms with van der Waals surface area (Å²) in [6, 6.07) is 4.26.